The number of aliphatic hydroxyl groups excluding tert-OH is 3. The van der Waals surface area contributed by atoms with E-state index in [9.17, 15) is 24.9 Å². The van der Waals surface area contributed by atoms with E-state index in [4.69, 9.17) is 15.2 Å². The van der Waals surface area contributed by atoms with Crippen molar-refractivity contribution in [1.82, 2.24) is 0 Å². The monoisotopic (exact) mass is 529 g/mol. The number of fused-ring (bicyclic) bond motifs is 7. The predicted octanol–water partition coefficient (Wildman–Crippen LogP) is 1.74. The molecule has 9 atom stereocenters. The Morgan fingerprint density at radius 3 is 2.46 bits per heavy atom. The van der Waals surface area contributed by atoms with E-state index in [1.807, 2.05) is 60.7 Å². The molecule has 1 spiro atoms. The van der Waals surface area contributed by atoms with E-state index in [1.165, 1.54) is 0 Å². The molecule has 0 amide bonds. The second kappa shape index (κ2) is 9.02. The molecule has 1 aliphatic heterocycles. The standard InChI is InChI=1S/C31H31NO7/c32-26-29(37)28(36)22(14-33)38-30(26)39-24-13-20-25(31(24)21-8-4-3-5-15(21)9-10-23(31)34)18-11-16-6-1-2-7-17(16)12-19(18)27(20)35/h1-8,11-12,20,22,24-26,28-30,33,36-37H,9-10,13-14,32H2/t20-,22-,24-,25-,26-,28+,29+,30+,31?/m1/s1. The third-order valence-electron chi connectivity index (χ3n) is 9.50. The van der Waals surface area contributed by atoms with Crippen molar-refractivity contribution in [3.05, 3.63) is 82.9 Å². The van der Waals surface area contributed by atoms with Crippen LogP contribution >= 0.6 is 0 Å². The van der Waals surface area contributed by atoms with Gasteiger partial charge in [-0.3, -0.25) is 9.59 Å². The molecule has 3 aromatic rings. The zero-order valence-corrected chi connectivity index (χ0v) is 21.3. The minimum absolute atomic E-state index is 0.000338. The van der Waals surface area contributed by atoms with Gasteiger partial charge in [0.25, 0.3) is 0 Å². The van der Waals surface area contributed by atoms with E-state index < -0.39 is 60.6 Å². The van der Waals surface area contributed by atoms with Gasteiger partial charge in [0, 0.05) is 23.8 Å². The predicted molar refractivity (Wildman–Crippen MR) is 141 cm³/mol. The Morgan fingerprint density at radius 1 is 0.974 bits per heavy atom. The first kappa shape index (κ1) is 25.0. The molecular formula is C31H31NO7. The number of hydrogen-bond donors (Lipinski definition) is 4. The van der Waals surface area contributed by atoms with Gasteiger partial charge in [0.15, 0.2) is 12.1 Å². The molecule has 2 fully saturated rings. The first-order chi connectivity index (χ1) is 18.9. The molecule has 1 saturated carbocycles. The number of carbonyl (C=O) groups is 2. The molecule has 1 heterocycles. The van der Waals surface area contributed by atoms with E-state index >= 15 is 0 Å². The zero-order chi connectivity index (χ0) is 27.1. The number of ketones is 2. The summed E-state index contributed by atoms with van der Waals surface area (Å²) in [4.78, 5) is 28.2. The van der Waals surface area contributed by atoms with Crippen molar-refractivity contribution < 1.29 is 34.4 Å². The van der Waals surface area contributed by atoms with E-state index in [0.29, 0.717) is 18.4 Å². The quantitative estimate of drug-likeness (QED) is 0.403. The van der Waals surface area contributed by atoms with E-state index in [0.717, 1.165) is 27.5 Å². The molecule has 8 nitrogen and oxygen atoms in total. The fraction of sp³-hybridized carbons (Fsp3) is 0.419. The number of ether oxygens (including phenoxy) is 2. The zero-order valence-electron chi connectivity index (χ0n) is 21.3. The third kappa shape index (κ3) is 3.40. The Bertz CT molecular complexity index is 1490. The molecule has 8 heteroatoms. The Kier molecular flexibility index (Phi) is 5.79. The van der Waals surface area contributed by atoms with Gasteiger partial charge in [0.1, 0.15) is 24.1 Å². The highest BCUT2D eigenvalue weighted by Gasteiger charge is 2.67. The fourth-order valence-electron chi connectivity index (χ4n) is 7.71. The van der Waals surface area contributed by atoms with Crippen molar-refractivity contribution in [2.75, 3.05) is 6.61 Å². The fourth-order valence-corrected chi connectivity index (χ4v) is 7.71. The topological polar surface area (TPSA) is 139 Å². The Morgan fingerprint density at radius 2 is 1.69 bits per heavy atom. The van der Waals surface area contributed by atoms with Gasteiger partial charge < -0.3 is 30.5 Å². The summed E-state index contributed by atoms with van der Waals surface area (Å²) in [5.74, 6) is -0.885. The van der Waals surface area contributed by atoms with Crippen LogP contribution in [-0.4, -0.2) is 70.2 Å². The van der Waals surface area contributed by atoms with E-state index in [1.54, 1.807) is 0 Å². The third-order valence-corrected chi connectivity index (χ3v) is 9.50. The van der Waals surface area contributed by atoms with Crippen LogP contribution in [0.5, 0.6) is 0 Å². The van der Waals surface area contributed by atoms with Gasteiger partial charge in [0.2, 0.25) is 0 Å². The summed E-state index contributed by atoms with van der Waals surface area (Å²) in [6.45, 7) is -0.535. The highest BCUT2D eigenvalue weighted by molar-refractivity contribution is 6.09. The van der Waals surface area contributed by atoms with Crippen LogP contribution in [-0.2, 0) is 26.1 Å². The van der Waals surface area contributed by atoms with E-state index in [-0.39, 0.29) is 18.0 Å². The molecule has 39 heavy (non-hydrogen) atoms. The van der Waals surface area contributed by atoms with Gasteiger partial charge in [-0.15, -0.1) is 0 Å². The van der Waals surface area contributed by atoms with Gasteiger partial charge in [-0.2, -0.15) is 0 Å². The number of hydrogen-bond acceptors (Lipinski definition) is 8. The Balaban J connectivity index is 1.40. The van der Waals surface area contributed by atoms with Gasteiger partial charge in [-0.05, 0) is 46.4 Å². The number of aliphatic hydroxyl groups is 3. The van der Waals surface area contributed by atoms with Crippen LogP contribution in [0.2, 0.25) is 0 Å². The van der Waals surface area contributed by atoms with Crippen molar-refractivity contribution in [2.24, 2.45) is 11.7 Å². The molecule has 4 aliphatic rings. The van der Waals surface area contributed by atoms with Gasteiger partial charge in [-0.1, -0.05) is 54.6 Å². The van der Waals surface area contributed by atoms with Crippen LogP contribution in [0.15, 0.2) is 60.7 Å². The molecule has 1 unspecified atom stereocenters. The van der Waals surface area contributed by atoms with Crippen molar-refractivity contribution in [3.63, 3.8) is 0 Å². The van der Waals surface area contributed by atoms with Crippen molar-refractivity contribution in [2.45, 2.75) is 67.3 Å². The highest BCUT2D eigenvalue weighted by Crippen LogP contribution is 2.63. The first-order valence-corrected chi connectivity index (χ1v) is 13.6. The molecule has 0 bridgehead atoms. The normalized spacial score (nSPS) is 37.2. The molecular weight excluding hydrogens is 498 g/mol. The van der Waals surface area contributed by atoms with Crippen LogP contribution in [0.25, 0.3) is 10.8 Å². The molecule has 0 radical (unpaired) electrons. The lowest BCUT2D eigenvalue weighted by molar-refractivity contribution is -0.281. The molecule has 202 valence electrons. The average Bonchev–Trinajstić information content (AvgIpc) is 3.42. The Hall–Kier alpha value is -2.98. The van der Waals surface area contributed by atoms with Crippen LogP contribution in [0.3, 0.4) is 0 Å². The molecule has 3 aliphatic carbocycles. The number of rotatable bonds is 3. The number of nitrogens with two attached hydrogens (primary N) is 1. The average molecular weight is 530 g/mol. The molecule has 3 aromatic carbocycles. The lowest BCUT2D eigenvalue weighted by Crippen LogP contribution is -2.64. The summed E-state index contributed by atoms with van der Waals surface area (Å²) < 4.78 is 12.3. The highest BCUT2D eigenvalue weighted by atomic mass is 16.7. The maximum Gasteiger partial charge on any atom is 0.176 e. The van der Waals surface area contributed by atoms with Crippen LogP contribution in [0.4, 0.5) is 0 Å². The second-order valence-electron chi connectivity index (χ2n) is 11.3. The second-order valence-corrected chi connectivity index (χ2v) is 11.3. The van der Waals surface area contributed by atoms with E-state index in [2.05, 4.69) is 0 Å². The van der Waals surface area contributed by atoms with Crippen LogP contribution in [0, 0.1) is 5.92 Å². The lowest BCUT2D eigenvalue weighted by Gasteiger charge is -2.46. The van der Waals surface area contributed by atoms with Gasteiger partial charge >= 0.3 is 0 Å². The summed E-state index contributed by atoms with van der Waals surface area (Å²) in [7, 11) is 0. The number of aryl methyl sites for hydroxylation is 1. The van der Waals surface area contributed by atoms with Crippen molar-refractivity contribution >= 4 is 22.3 Å². The lowest BCUT2D eigenvalue weighted by atomic mass is 9.60. The number of carbonyl (C=O) groups excluding carboxylic acids is 2. The minimum atomic E-state index is -1.39. The van der Waals surface area contributed by atoms with Crippen LogP contribution in [0.1, 0.15) is 45.8 Å². The summed E-state index contributed by atoms with van der Waals surface area (Å²) >= 11 is 0. The number of benzene rings is 3. The maximum atomic E-state index is 14.3. The summed E-state index contributed by atoms with van der Waals surface area (Å²) in [5, 5.41) is 32.6. The largest absolute Gasteiger partial charge is 0.394 e. The summed E-state index contributed by atoms with van der Waals surface area (Å²) in [5.41, 5.74) is 8.51. The molecule has 5 N–H and O–H groups in total. The first-order valence-electron chi connectivity index (χ1n) is 13.6. The maximum absolute atomic E-state index is 14.3. The molecule has 7 rings (SSSR count). The summed E-state index contributed by atoms with van der Waals surface area (Å²) in [6, 6.07) is 18.6. The molecule has 1 saturated heterocycles. The SMILES string of the molecule is N[C@H]1[C@H](O[C@@H]2C[C@H]3C(=O)c4cc5ccccc5cc4[C@H]3C23C(=O)CCc2ccccc23)O[C@H](CO)[C@H](O)[C@H]1O. The summed E-state index contributed by atoms with van der Waals surface area (Å²) in [6.07, 6.45) is -4.60. The Labute approximate surface area is 225 Å². The van der Waals surface area contributed by atoms with Gasteiger partial charge in [-0.25, -0.2) is 0 Å². The van der Waals surface area contributed by atoms with Crippen LogP contribution < -0.4 is 5.73 Å². The van der Waals surface area contributed by atoms with Crippen molar-refractivity contribution in [3.8, 4) is 0 Å². The minimum Gasteiger partial charge on any atom is -0.394 e. The number of Topliss-reactive ketones (excluding diaryl/α,β-unsaturated/α-hetero) is 2. The molecule has 0 aromatic heterocycles. The van der Waals surface area contributed by atoms with Crippen molar-refractivity contribution in [1.29, 1.82) is 0 Å². The smallest absolute Gasteiger partial charge is 0.176 e. The van der Waals surface area contributed by atoms with Gasteiger partial charge in [0.05, 0.1) is 24.2 Å².